The second kappa shape index (κ2) is 11.9. The Morgan fingerprint density at radius 3 is 2.50 bits per heavy atom. The first-order valence-electron chi connectivity index (χ1n) is 13.1. The molecule has 2 fully saturated rings. The summed E-state index contributed by atoms with van der Waals surface area (Å²) in [6, 6.07) is 15.0. The van der Waals surface area contributed by atoms with Crippen molar-refractivity contribution in [2.24, 2.45) is 11.8 Å². The zero-order valence-corrected chi connectivity index (χ0v) is 20.5. The molecule has 0 unspecified atom stereocenters. The maximum atomic E-state index is 13.3. The lowest BCUT2D eigenvalue weighted by molar-refractivity contribution is -0.118. The van der Waals surface area contributed by atoms with Gasteiger partial charge in [0.2, 0.25) is 0 Å². The second-order valence-corrected chi connectivity index (χ2v) is 10.5. The molecule has 4 heteroatoms. The Balaban J connectivity index is 1.24. The van der Waals surface area contributed by atoms with E-state index in [9.17, 15) is 14.0 Å². The molecule has 2 aliphatic rings. The van der Waals surface area contributed by atoms with Crippen molar-refractivity contribution in [2.75, 3.05) is 13.1 Å². The second-order valence-electron chi connectivity index (χ2n) is 10.5. The minimum Gasteiger partial charge on any atom is -0.300 e. The molecule has 1 saturated carbocycles. The smallest absolute Gasteiger partial charge is 0.159 e. The number of rotatable bonds is 12. The number of hydrogen-bond acceptors (Lipinski definition) is 3. The molecule has 4 rings (SSSR count). The van der Waals surface area contributed by atoms with Crippen LogP contribution in [0.2, 0.25) is 0 Å². The molecule has 0 spiro atoms. The minimum absolute atomic E-state index is 0.0373. The van der Waals surface area contributed by atoms with Crippen molar-refractivity contribution >= 4 is 11.6 Å². The molecule has 182 valence electrons. The highest BCUT2D eigenvalue weighted by molar-refractivity contribution is 5.94. The molecule has 0 bridgehead atoms. The predicted octanol–water partition coefficient (Wildman–Crippen LogP) is 6.43. The maximum Gasteiger partial charge on any atom is 0.159 e. The van der Waals surface area contributed by atoms with E-state index in [1.807, 2.05) is 30.3 Å². The zero-order chi connectivity index (χ0) is 23.9. The van der Waals surface area contributed by atoms with Crippen LogP contribution in [0.15, 0.2) is 48.5 Å². The van der Waals surface area contributed by atoms with E-state index in [-0.39, 0.29) is 17.4 Å². The standard InChI is InChI=1S/C30H38FNO2/c1-22(33)27-6-4-5-25(18-27)20-30(34)8-3-2-7-29-19-26(15-16-32(29)21-24-9-10-24)17-23-11-13-28(31)14-12-23/h4-6,11-14,18,24,26,29H,2-3,7-10,15-17,19-21H2,1H3/t26-,29-/m0/s1. The third-order valence-corrected chi connectivity index (χ3v) is 7.55. The van der Waals surface area contributed by atoms with E-state index < -0.39 is 0 Å². The summed E-state index contributed by atoms with van der Waals surface area (Å²) in [5.41, 5.74) is 2.85. The summed E-state index contributed by atoms with van der Waals surface area (Å²) in [6.07, 6.45) is 10.4. The van der Waals surface area contributed by atoms with Gasteiger partial charge in [0.05, 0.1) is 0 Å². The molecule has 0 aromatic heterocycles. The van der Waals surface area contributed by atoms with E-state index in [0.717, 1.165) is 37.2 Å². The normalized spacial score (nSPS) is 20.9. The number of piperidine rings is 1. The van der Waals surface area contributed by atoms with E-state index in [1.165, 1.54) is 44.3 Å². The summed E-state index contributed by atoms with van der Waals surface area (Å²) < 4.78 is 13.3. The number of ketones is 2. The van der Waals surface area contributed by atoms with Crippen LogP contribution in [0.1, 0.15) is 79.8 Å². The number of unbranched alkanes of at least 4 members (excludes halogenated alkanes) is 1. The van der Waals surface area contributed by atoms with Gasteiger partial charge in [-0.2, -0.15) is 0 Å². The Morgan fingerprint density at radius 1 is 0.971 bits per heavy atom. The van der Waals surface area contributed by atoms with Gasteiger partial charge in [-0.25, -0.2) is 4.39 Å². The number of carbonyl (C=O) groups is 2. The van der Waals surface area contributed by atoms with Gasteiger partial charge in [-0.15, -0.1) is 0 Å². The third kappa shape index (κ3) is 7.59. The van der Waals surface area contributed by atoms with Crippen molar-refractivity contribution in [1.29, 1.82) is 0 Å². The van der Waals surface area contributed by atoms with Crippen LogP contribution in [0, 0.1) is 17.7 Å². The number of Topliss-reactive ketones (excluding diaryl/α,β-unsaturated/α-hetero) is 2. The largest absolute Gasteiger partial charge is 0.300 e. The number of halogens is 1. The Bertz CT molecular complexity index is 966. The van der Waals surface area contributed by atoms with Crippen molar-refractivity contribution in [2.45, 2.75) is 77.2 Å². The van der Waals surface area contributed by atoms with Gasteiger partial charge in [0, 0.05) is 31.0 Å². The summed E-state index contributed by atoms with van der Waals surface area (Å²) in [7, 11) is 0. The first-order valence-corrected chi connectivity index (χ1v) is 13.1. The van der Waals surface area contributed by atoms with Crippen LogP contribution in [0.3, 0.4) is 0 Å². The van der Waals surface area contributed by atoms with Gasteiger partial charge in [-0.3, -0.25) is 9.59 Å². The molecule has 0 radical (unpaired) electrons. The van der Waals surface area contributed by atoms with Gasteiger partial charge < -0.3 is 4.90 Å². The maximum absolute atomic E-state index is 13.3. The average Bonchev–Trinajstić information content (AvgIpc) is 3.64. The van der Waals surface area contributed by atoms with Crippen molar-refractivity contribution in [3.05, 3.63) is 71.0 Å². The lowest BCUT2D eigenvalue weighted by Gasteiger charge is -2.40. The van der Waals surface area contributed by atoms with E-state index in [0.29, 0.717) is 30.4 Å². The quantitative estimate of drug-likeness (QED) is 0.269. The Morgan fingerprint density at radius 2 is 1.76 bits per heavy atom. The number of hydrogen-bond donors (Lipinski definition) is 0. The van der Waals surface area contributed by atoms with Gasteiger partial charge >= 0.3 is 0 Å². The molecule has 2 aromatic carbocycles. The van der Waals surface area contributed by atoms with Crippen LogP contribution in [-0.2, 0) is 17.6 Å². The molecule has 1 heterocycles. The van der Waals surface area contributed by atoms with Crippen LogP contribution in [0.25, 0.3) is 0 Å². The van der Waals surface area contributed by atoms with Crippen molar-refractivity contribution in [1.82, 2.24) is 4.90 Å². The first kappa shape index (κ1) is 24.8. The molecule has 1 aliphatic carbocycles. The van der Waals surface area contributed by atoms with Gasteiger partial charge in [-0.1, -0.05) is 36.8 Å². The van der Waals surface area contributed by atoms with Gasteiger partial charge in [-0.05, 0) is 99.6 Å². The van der Waals surface area contributed by atoms with Gasteiger partial charge in [0.15, 0.2) is 5.78 Å². The van der Waals surface area contributed by atoms with Gasteiger partial charge in [0.25, 0.3) is 0 Å². The fraction of sp³-hybridized carbons (Fsp3) is 0.533. The Kier molecular flexibility index (Phi) is 8.66. The summed E-state index contributed by atoms with van der Waals surface area (Å²) in [5.74, 6) is 1.68. The molecule has 2 atom stereocenters. The fourth-order valence-electron chi connectivity index (χ4n) is 5.41. The van der Waals surface area contributed by atoms with Crippen molar-refractivity contribution < 1.29 is 14.0 Å². The molecule has 0 amide bonds. The molecule has 2 aromatic rings. The summed E-state index contributed by atoms with van der Waals surface area (Å²) >= 11 is 0. The average molecular weight is 464 g/mol. The van der Waals surface area contributed by atoms with Crippen LogP contribution in [0.5, 0.6) is 0 Å². The minimum atomic E-state index is -0.165. The molecule has 3 nitrogen and oxygen atoms in total. The highest BCUT2D eigenvalue weighted by Gasteiger charge is 2.32. The van der Waals surface area contributed by atoms with Crippen molar-refractivity contribution in [3.63, 3.8) is 0 Å². The van der Waals surface area contributed by atoms with E-state index >= 15 is 0 Å². The van der Waals surface area contributed by atoms with Crippen molar-refractivity contribution in [3.8, 4) is 0 Å². The third-order valence-electron chi connectivity index (χ3n) is 7.55. The number of likely N-dealkylation sites (tertiary alicyclic amines) is 1. The predicted molar refractivity (Wildman–Crippen MR) is 135 cm³/mol. The zero-order valence-electron chi connectivity index (χ0n) is 20.5. The van der Waals surface area contributed by atoms with E-state index in [2.05, 4.69) is 4.90 Å². The highest BCUT2D eigenvalue weighted by Crippen LogP contribution is 2.35. The lowest BCUT2D eigenvalue weighted by Crippen LogP contribution is -2.44. The fourth-order valence-corrected chi connectivity index (χ4v) is 5.41. The Hall–Kier alpha value is -2.33. The van der Waals surface area contributed by atoms with Crippen LogP contribution in [0.4, 0.5) is 4.39 Å². The van der Waals surface area contributed by atoms with Crippen LogP contribution in [-0.4, -0.2) is 35.6 Å². The molecular weight excluding hydrogens is 425 g/mol. The number of nitrogens with zero attached hydrogens (tertiary/aromatic N) is 1. The number of carbonyl (C=O) groups excluding carboxylic acids is 2. The summed E-state index contributed by atoms with van der Waals surface area (Å²) in [4.78, 5) is 26.8. The monoisotopic (exact) mass is 463 g/mol. The van der Waals surface area contributed by atoms with E-state index in [1.54, 1.807) is 25.1 Å². The highest BCUT2D eigenvalue weighted by atomic mass is 19.1. The topological polar surface area (TPSA) is 37.4 Å². The number of benzene rings is 2. The summed E-state index contributed by atoms with van der Waals surface area (Å²) in [5, 5.41) is 0. The summed E-state index contributed by atoms with van der Waals surface area (Å²) in [6.45, 7) is 3.96. The molecule has 1 saturated heterocycles. The first-order chi connectivity index (χ1) is 16.5. The molecular formula is C30H38FNO2. The molecule has 34 heavy (non-hydrogen) atoms. The SMILES string of the molecule is CC(=O)c1cccc(CC(=O)CCCC[C@H]2C[C@H](Cc3ccc(F)cc3)CCN2CC2CC2)c1. The lowest BCUT2D eigenvalue weighted by atomic mass is 9.84. The Labute approximate surface area is 203 Å². The molecule has 0 N–H and O–H groups in total. The van der Waals surface area contributed by atoms with Crippen LogP contribution < -0.4 is 0 Å². The molecule has 1 aliphatic heterocycles. The van der Waals surface area contributed by atoms with Crippen LogP contribution >= 0.6 is 0 Å². The van der Waals surface area contributed by atoms with E-state index in [4.69, 9.17) is 0 Å². The van der Waals surface area contributed by atoms with Gasteiger partial charge in [0.1, 0.15) is 11.6 Å².